The molecule has 2 aromatic rings. The molecule has 0 aliphatic carbocycles. The molecule has 0 radical (unpaired) electrons. The topological polar surface area (TPSA) is 30.5 Å². The van der Waals surface area contributed by atoms with Crippen LogP contribution in [0.1, 0.15) is 31.9 Å². The van der Waals surface area contributed by atoms with E-state index in [0.717, 1.165) is 0 Å². The normalized spacial score (nSPS) is 11.8. The summed E-state index contributed by atoms with van der Waals surface area (Å²) >= 11 is 0. The number of hydrogen-bond donors (Lipinski definition) is 1. The molecular formula is C20H27NO2. The highest BCUT2D eigenvalue weighted by Gasteiger charge is 2.29. The van der Waals surface area contributed by atoms with Gasteiger partial charge in [0.15, 0.2) is 6.29 Å². The summed E-state index contributed by atoms with van der Waals surface area (Å²) in [5.41, 5.74) is 2.14. The SMILES string of the molecule is CCOC(CNC(C)(c1ccccc1)c1ccccc1)OCC. The Hall–Kier alpha value is -1.68. The lowest BCUT2D eigenvalue weighted by atomic mass is 9.84. The summed E-state index contributed by atoms with van der Waals surface area (Å²) in [6.07, 6.45) is -0.239. The minimum absolute atomic E-state index is 0.239. The summed E-state index contributed by atoms with van der Waals surface area (Å²) in [6.45, 7) is 8.08. The molecule has 3 nitrogen and oxygen atoms in total. The number of nitrogens with one attached hydrogen (secondary N) is 1. The van der Waals surface area contributed by atoms with Crippen LogP contribution in [0.15, 0.2) is 60.7 Å². The molecule has 0 aliphatic heterocycles. The van der Waals surface area contributed by atoms with E-state index in [-0.39, 0.29) is 11.8 Å². The fraction of sp³-hybridized carbons (Fsp3) is 0.400. The molecule has 0 unspecified atom stereocenters. The second kappa shape index (κ2) is 8.82. The van der Waals surface area contributed by atoms with Crippen LogP contribution in [-0.2, 0) is 15.0 Å². The Morgan fingerprint density at radius 2 is 1.26 bits per heavy atom. The molecule has 0 saturated heterocycles. The van der Waals surface area contributed by atoms with Gasteiger partial charge in [0.1, 0.15) is 0 Å². The first-order valence-electron chi connectivity index (χ1n) is 8.30. The number of ether oxygens (including phenoxy) is 2. The summed E-state index contributed by atoms with van der Waals surface area (Å²) in [4.78, 5) is 0. The maximum Gasteiger partial charge on any atom is 0.169 e. The van der Waals surface area contributed by atoms with E-state index in [4.69, 9.17) is 9.47 Å². The lowest BCUT2D eigenvalue weighted by molar-refractivity contribution is -0.134. The van der Waals surface area contributed by atoms with Gasteiger partial charge in [0.25, 0.3) is 0 Å². The Balaban J connectivity index is 2.24. The molecule has 0 atom stereocenters. The van der Waals surface area contributed by atoms with Gasteiger partial charge in [-0.05, 0) is 31.9 Å². The summed E-state index contributed by atoms with van der Waals surface area (Å²) in [7, 11) is 0. The maximum absolute atomic E-state index is 5.66. The van der Waals surface area contributed by atoms with Crippen molar-refractivity contribution in [1.82, 2.24) is 5.32 Å². The van der Waals surface area contributed by atoms with Crippen LogP contribution >= 0.6 is 0 Å². The van der Waals surface area contributed by atoms with Crippen LogP contribution < -0.4 is 5.32 Å². The third-order valence-corrected chi connectivity index (χ3v) is 4.03. The second-order valence-corrected chi connectivity index (χ2v) is 5.58. The van der Waals surface area contributed by atoms with Crippen molar-refractivity contribution in [3.63, 3.8) is 0 Å². The van der Waals surface area contributed by atoms with E-state index in [1.54, 1.807) is 0 Å². The van der Waals surface area contributed by atoms with Crippen LogP contribution in [-0.4, -0.2) is 26.0 Å². The molecule has 0 amide bonds. The van der Waals surface area contributed by atoms with Crippen LogP contribution in [0, 0.1) is 0 Å². The Morgan fingerprint density at radius 1 is 0.826 bits per heavy atom. The second-order valence-electron chi connectivity index (χ2n) is 5.58. The molecule has 0 heterocycles. The van der Waals surface area contributed by atoms with Crippen molar-refractivity contribution in [1.29, 1.82) is 0 Å². The van der Waals surface area contributed by atoms with Crippen LogP contribution in [0.4, 0.5) is 0 Å². The van der Waals surface area contributed by atoms with Crippen molar-refractivity contribution in [3.8, 4) is 0 Å². The van der Waals surface area contributed by atoms with E-state index in [1.807, 2.05) is 26.0 Å². The van der Waals surface area contributed by atoms with Gasteiger partial charge in [-0.2, -0.15) is 0 Å². The first kappa shape index (κ1) is 17.7. The molecule has 0 aliphatic rings. The fourth-order valence-corrected chi connectivity index (χ4v) is 2.74. The third-order valence-electron chi connectivity index (χ3n) is 4.03. The van der Waals surface area contributed by atoms with Crippen LogP contribution in [0.5, 0.6) is 0 Å². The van der Waals surface area contributed by atoms with Crippen molar-refractivity contribution in [2.45, 2.75) is 32.6 Å². The monoisotopic (exact) mass is 313 g/mol. The quantitative estimate of drug-likeness (QED) is 0.711. The smallest absolute Gasteiger partial charge is 0.169 e. The third kappa shape index (κ3) is 4.64. The Labute approximate surface area is 139 Å². The van der Waals surface area contributed by atoms with Crippen molar-refractivity contribution in [2.75, 3.05) is 19.8 Å². The van der Waals surface area contributed by atoms with Gasteiger partial charge >= 0.3 is 0 Å². The Morgan fingerprint density at radius 3 is 1.65 bits per heavy atom. The lowest BCUT2D eigenvalue weighted by Crippen LogP contribution is -2.45. The van der Waals surface area contributed by atoms with Gasteiger partial charge in [-0.1, -0.05) is 60.7 Å². The summed E-state index contributed by atoms with van der Waals surface area (Å²) in [6, 6.07) is 21.0. The highest BCUT2D eigenvalue weighted by molar-refractivity contribution is 5.37. The zero-order valence-electron chi connectivity index (χ0n) is 14.3. The predicted molar refractivity (Wildman–Crippen MR) is 94.4 cm³/mol. The van der Waals surface area contributed by atoms with E-state index in [0.29, 0.717) is 19.8 Å². The van der Waals surface area contributed by atoms with Gasteiger partial charge in [-0.15, -0.1) is 0 Å². The van der Waals surface area contributed by atoms with Gasteiger partial charge in [-0.3, -0.25) is 5.32 Å². The summed E-state index contributed by atoms with van der Waals surface area (Å²) < 4.78 is 11.3. The fourth-order valence-electron chi connectivity index (χ4n) is 2.74. The van der Waals surface area contributed by atoms with Crippen LogP contribution in [0.25, 0.3) is 0 Å². The zero-order valence-corrected chi connectivity index (χ0v) is 14.3. The molecule has 0 aromatic heterocycles. The van der Waals surface area contributed by atoms with E-state index in [2.05, 4.69) is 60.8 Å². The van der Waals surface area contributed by atoms with Gasteiger partial charge < -0.3 is 9.47 Å². The number of rotatable bonds is 9. The average Bonchev–Trinajstić information content (AvgIpc) is 2.61. The predicted octanol–water partition coefficient (Wildman–Crippen LogP) is 3.94. The van der Waals surface area contributed by atoms with Crippen molar-refractivity contribution >= 4 is 0 Å². The minimum Gasteiger partial charge on any atom is -0.352 e. The molecule has 0 fully saturated rings. The Bertz CT molecular complexity index is 511. The van der Waals surface area contributed by atoms with E-state index in [9.17, 15) is 0 Å². The zero-order chi connectivity index (χ0) is 16.5. The van der Waals surface area contributed by atoms with Crippen molar-refractivity contribution < 1.29 is 9.47 Å². The first-order valence-corrected chi connectivity index (χ1v) is 8.30. The standard InChI is InChI=1S/C20H27NO2/c1-4-22-19(23-5-2)16-21-20(3,17-12-8-6-9-13-17)18-14-10-7-11-15-18/h6-15,19,21H,4-5,16H2,1-3H3. The molecule has 124 valence electrons. The van der Waals surface area contributed by atoms with E-state index >= 15 is 0 Å². The summed E-state index contributed by atoms with van der Waals surface area (Å²) in [5, 5.41) is 3.65. The van der Waals surface area contributed by atoms with Gasteiger partial charge in [-0.25, -0.2) is 0 Å². The van der Waals surface area contributed by atoms with Gasteiger partial charge in [0.05, 0.1) is 5.54 Å². The molecular weight excluding hydrogens is 286 g/mol. The van der Waals surface area contributed by atoms with Crippen LogP contribution in [0.2, 0.25) is 0 Å². The molecule has 2 aromatic carbocycles. The van der Waals surface area contributed by atoms with E-state index < -0.39 is 0 Å². The first-order chi connectivity index (χ1) is 11.2. The molecule has 23 heavy (non-hydrogen) atoms. The highest BCUT2D eigenvalue weighted by Crippen LogP contribution is 2.29. The highest BCUT2D eigenvalue weighted by atomic mass is 16.7. The minimum atomic E-state index is -0.297. The molecule has 0 spiro atoms. The molecule has 2 rings (SSSR count). The van der Waals surface area contributed by atoms with Gasteiger partial charge in [0, 0.05) is 19.8 Å². The number of benzene rings is 2. The summed E-state index contributed by atoms with van der Waals surface area (Å²) in [5.74, 6) is 0. The Kier molecular flexibility index (Phi) is 6.78. The lowest BCUT2D eigenvalue weighted by Gasteiger charge is -2.34. The molecule has 0 bridgehead atoms. The van der Waals surface area contributed by atoms with Crippen molar-refractivity contribution in [3.05, 3.63) is 71.8 Å². The van der Waals surface area contributed by atoms with Crippen molar-refractivity contribution in [2.24, 2.45) is 0 Å². The van der Waals surface area contributed by atoms with E-state index in [1.165, 1.54) is 11.1 Å². The molecule has 3 heteroatoms. The molecule has 1 N–H and O–H groups in total. The maximum atomic E-state index is 5.66. The number of hydrogen-bond acceptors (Lipinski definition) is 3. The largest absolute Gasteiger partial charge is 0.352 e. The average molecular weight is 313 g/mol. The van der Waals surface area contributed by atoms with Crippen LogP contribution in [0.3, 0.4) is 0 Å². The van der Waals surface area contributed by atoms with Gasteiger partial charge in [0.2, 0.25) is 0 Å². The molecule has 0 saturated carbocycles.